The van der Waals surface area contributed by atoms with Gasteiger partial charge in [-0.3, -0.25) is 0 Å². The first-order chi connectivity index (χ1) is 5.81. The van der Waals surface area contributed by atoms with Gasteiger partial charge in [-0.05, 0) is 11.6 Å². The van der Waals surface area contributed by atoms with Gasteiger partial charge >= 0.3 is 0 Å². The molecule has 3 N–H and O–H groups in total. The molecule has 6 nitrogen and oxygen atoms in total. The average molecular weight is 185 g/mol. The van der Waals surface area contributed by atoms with Crippen molar-refractivity contribution in [1.29, 1.82) is 0 Å². The molecule has 2 aliphatic rings. The van der Waals surface area contributed by atoms with Crippen LogP contribution in [0.15, 0.2) is 20.0 Å². The molecule has 0 amide bonds. The van der Waals surface area contributed by atoms with Crippen molar-refractivity contribution in [2.45, 2.75) is 6.04 Å². The number of nitrogens with one attached hydrogen (secondary N) is 1. The van der Waals surface area contributed by atoms with Crippen LogP contribution in [0.2, 0.25) is 0 Å². The predicted octanol–water partition coefficient (Wildman–Crippen LogP) is -0.734. The fourth-order valence-corrected chi connectivity index (χ4v) is 1.15. The van der Waals surface area contributed by atoms with E-state index in [1.807, 2.05) is 0 Å². The summed E-state index contributed by atoms with van der Waals surface area (Å²) in [5.74, 6) is 6.21. The van der Waals surface area contributed by atoms with Crippen LogP contribution in [-0.2, 0) is 0 Å². The largest absolute Gasteiger partial charge is 0.310 e. The van der Waals surface area contributed by atoms with Crippen LogP contribution in [0.25, 0.3) is 0 Å². The fourth-order valence-electron chi connectivity index (χ4n) is 0.969. The van der Waals surface area contributed by atoms with E-state index in [9.17, 15) is 0 Å². The summed E-state index contributed by atoms with van der Waals surface area (Å²) in [7, 11) is 0. The Morgan fingerprint density at radius 1 is 1.58 bits per heavy atom. The maximum Gasteiger partial charge on any atom is 0.220 e. The van der Waals surface area contributed by atoms with Crippen molar-refractivity contribution in [3.63, 3.8) is 0 Å². The zero-order chi connectivity index (χ0) is 8.55. The minimum Gasteiger partial charge on any atom is -0.310 e. The maximum absolute atomic E-state index is 5.57. The van der Waals surface area contributed by atoms with E-state index in [1.54, 1.807) is 0 Å². The van der Waals surface area contributed by atoms with Crippen LogP contribution in [0.4, 0.5) is 0 Å². The first-order valence-corrected chi connectivity index (χ1v) is 3.58. The highest BCUT2D eigenvalue weighted by atomic mass is 35.5. The average Bonchev–Trinajstić information content (AvgIpc) is 2.44. The smallest absolute Gasteiger partial charge is 0.220 e. The van der Waals surface area contributed by atoms with Gasteiger partial charge in [0.1, 0.15) is 6.34 Å². The van der Waals surface area contributed by atoms with Gasteiger partial charge in [0.25, 0.3) is 0 Å². The van der Waals surface area contributed by atoms with Gasteiger partial charge in [0.2, 0.25) is 5.29 Å². The Bertz CT molecular complexity index is 327. The third-order valence-corrected chi connectivity index (χ3v) is 1.66. The molecular weight excluding hydrogens is 180 g/mol. The molecular formula is C5H5ClN6. The lowest BCUT2D eigenvalue weighted by atomic mass is 10.2. The van der Waals surface area contributed by atoms with E-state index in [-0.39, 0.29) is 11.3 Å². The van der Waals surface area contributed by atoms with Crippen LogP contribution in [0.3, 0.4) is 0 Å². The minimum absolute atomic E-state index is 0.178. The first-order valence-electron chi connectivity index (χ1n) is 3.20. The highest BCUT2D eigenvalue weighted by Gasteiger charge is 2.28. The molecule has 62 valence electrons. The van der Waals surface area contributed by atoms with Crippen LogP contribution in [0, 0.1) is 0 Å². The molecule has 0 bridgehead atoms. The Hall–Kier alpha value is -1.27. The second kappa shape index (κ2) is 2.65. The summed E-state index contributed by atoms with van der Waals surface area (Å²) in [5.41, 5.74) is 2.41. The number of hydrogen-bond acceptors (Lipinski definition) is 6. The van der Waals surface area contributed by atoms with E-state index in [0.717, 1.165) is 0 Å². The Labute approximate surface area is 72.9 Å². The van der Waals surface area contributed by atoms with E-state index < -0.39 is 0 Å². The third-order valence-electron chi connectivity index (χ3n) is 1.48. The lowest BCUT2D eigenvalue weighted by Gasteiger charge is -2.11. The fraction of sp³-hybridized carbons (Fsp3) is 0.200. The van der Waals surface area contributed by atoms with Crippen molar-refractivity contribution in [3.8, 4) is 0 Å². The van der Waals surface area contributed by atoms with E-state index in [1.165, 1.54) is 6.34 Å². The Balaban J connectivity index is 2.37. The maximum atomic E-state index is 5.57. The van der Waals surface area contributed by atoms with E-state index >= 15 is 0 Å². The van der Waals surface area contributed by atoms with Gasteiger partial charge in [-0.25, -0.2) is 25.8 Å². The van der Waals surface area contributed by atoms with Gasteiger partial charge in [0.15, 0.2) is 17.7 Å². The first kappa shape index (κ1) is 7.38. The highest BCUT2D eigenvalue weighted by molar-refractivity contribution is 6.66. The summed E-state index contributed by atoms with van der Waals surface area (Å²) in [6.07, 6.45) is 1.36. The zero-order valence-electron chi connectivity index (χ0n) is 5.90. The summed E-state index contributed by atoms with van der Waals surface area (Å²) in [6, 6.07) is -0.354. The van der Waals surface area contributed by atoms with Gasteiger partial charge in [0, 0.05) is 0 Å². The van der Waals surface area contributed by atoms with Gasteiger partial charge in [-0.1, -0.05) is 0 Å². The van der Waals surface area contributed by atoms with Crippen molar-refractivity contribution in [2.75, 3.05) is 0 Å². The summed E-state index contributed by atoms with van der Waals surface area (Å²) >= 11 is 5.57. The molecule has 0 aromatic heterocycles. The molecule has 0 saturated heterocycles. The molecule has 0 fully saturated rings. The van der Waals surface area contributed by atoms with E-state index in [4.69, 9.17) is 17.4 Å². The Morgan fingerprint density at radius 2 is 2.42 bits per heavy atom. The standard InChI is InChI=1S/C5H5ClN6/c6-5-10-2-3(11-5)8-1-9-4(2)12-7/h1-2H,7H2,(H,8,9,10,11,12). The zero-order valence-corrected chi connectivity index (χ0v) is 6.65. The molecule has 0 radical (unpaired) electrons. The number of fused-ring (bicyclic) bond motifs is 1. The van der Waals surface area contributed by atoms with Gasteiger partial charge in [-0.2, -0.15) is 0 Å². The molecule has 12 heavy (non-hydrogen) atoms. The molecule has 0 spiro atoms. The number of halogens is 1. The SMILES string of the molecule is NNC1=NC=NC2=NC(Cl)=NC21. The third kappa shape index (κ3) is 1.01. The number of hydrogen-bond donors (Lipinski definition) is 2. The number of hydrazine groups is 1. The number of aliphatic imine (C=N–C) groups is 4. The molecule has 1 unspecified atom stereocenters. The lowest BCUT2D eigenvalue weighted by Crippen LogP contribution is -2.42. The van der Waals surface area contributed by atoms with Crippen LogP contribution >= 0.6 is 11.6 Å². The Kier molecular flexibility index (Phi) is 1.63. The highest BCUT2D eigenvalue weighted by Crippen LogP contribution is 2.12. The molecule has 0 aliphatic carbocycles. The van der Waals surface area contributed by atoms with E-state index in [2.05, 4.69) is 25.4 Å². The van der Waals surface area contributed by atoms with Crippen molar-refractivity contribution in [2.24, 2.45) is 25.8 Å². The van der Waals surface area contributed by atoms with Crippen LogP contribution in [-0.4, -0.2) is 29.3 Å². The molecule has 0 aromatic rings. The van der Waals surface area contributed by atoms with Crippen LogP contribution in [0.5, 0.6) is 0 Å². The normalized spacial score (nSPS) is 25.8. The van der Waals surface area contributed by atoms with Gasteiger partial charge in [-0.15, -0.1) is 0 Å². The number of nitrogens with zero attached hydrogens (tertiary/aromatic N) is 4. The number of nitrogens with two attached hydrogens (primary N) is 1. The quantitative estimate of drug-likeness (QED) is 0.295. The number of rotatable bonds is 0. The molecule has 0 aromatic carbocycles. The molecule has 2 aliphatic heterocycles. The van der Waals surface area contributed by atoms with Gasteiger partial charge < -0.3 is 5.43 Å². The minimum atomic E-state index is -0.354. The van der Waals surface area contributed by atoms with Crippen LogP contribution in [0.1, 0.15) is 0 Å². The molecule has 7 heteroatoms. The summed E-state index contributed by atoms with van der Waals surface area (Å²) in [6.45, 7) is 0. The molecule has 2 heterocycles. The lowest BCUT2D eigenvalue weighted by molar-refractivity contribution is 0.954. The van der Waals surface area contributed by atoms with Crippen molar-refractivity contribution in [1.82, 2.24) is 5.43 Å². The van der Waals surface area contributed by atoms with Gasteiger partial charge in [0.05, 0.1) is 0 Å². The van der Waals surface area contributed by atoms with Crippen molar-refractivity contribution < 1.29 is 0 Å². The van der Waals surface area contributed by atoms with Crippen molar-refractivity contribution >= 4 is 34.9 Å². The summed E-state index contributed by atoms with van der Waals surface area (Å²) in [4.78, 5) is 15.6. The number of amidine groups is 3. The topological polar surface area (TPSA) is 87.5 Å². The Morgan fingerprint density at radius 3 is 3.17 bits per heavy atom. The second-order valence-electron chi connectivity index (χ2n) is 2.17. The predicted molar refractivity (Wildman–Crippen MR) is 47.8 cm³/mol. The monoisotopic (exact) mass is 184 g/mol. The van der Waals surface area contributed by atoms with Crippen LogP contribution < -0.4 is 11.3 Å². The molecule has 2 rings (SSSR count). The van der Waals surface area contributed by atoms with E-state index in [0.29, 0.717) is 11.7 Å². The molecule has 1 atom stereocenters. The summed E-state index contributed by atoms with van der Waals surface area (Å²) < 4.78 is 0. The summed E-state index contributed by atoms with van der Waals surface area (Å²) in [5, 5.41) is 0.178. The second-order valence-corrected chi connectivity index (χ2v) is 2.51. The molecule has 0 saturated carbocycles. The van der Waals surface area contributed by atoms with Crippen molar-refractivity contribution in [3.05, 3.63) is 0 Å².